The molecule has 0 spiro atoms. The van der Waals surface area contributed by atoms with Crippen LogP contribution in [0.15, 0.2) is 54.6 Å². The zero-order chi connectivity index (χ0) is 14.4. The van der Waals surface area contributed by atoms with E-state index in [4.69, 9.17) is 17.3 Å². The third kappa shape index (κ3) is 4.08. The number of hydrogen-bond acceptors (Lipinski definition) is 2. The van der Waals surface area contributed by atoms with Crippen LogP contribution in [0.5, 0.6) is 0 Å². The number of aryl methyl sites for hydroxylation is 1. The maximum Gasteiger partial charge on any atom is 0.241 e. The monoisotopic (exact) mass is 288 g/mol. The topological polar surface area (TPSA) is 55.1 Å². The van der Waals surface area contributed by atoms with Crippen molar-refractivity contribution in [3.8, 4) is 0 Å². The van der Waals surface area contributed by atoms with E-state index in [1.165, 1.54) is 5.56 Å². The lowest BCUT2D eigenvalue weighted by Crippen LogP contribution is -2.36. The molecule has 1 amide bonds. The Balaban J connectivity index is 1.88. The number of para-hydroxylation sites is 1. The average molecular weight is 289 g/mol. The number of anilines is 1. The minimum Gasteiger partial charge on any atom is -0.323 e. The fourth-order valence-electron chi connectivity index (χ4n) is 1.89. The van der Waals surface area contributed by atoms with Crippen molar-refractivity contribution in [2.75, 3.05) is 5.32 Å². The summed E-state index contributed by atoms with van der Waals surface area (Å²) in [4.78, 5) is 12.0. The van der Waals surface area contributed by atoms with Crippen LogP contribution in [0.4, 0.5) is 5.69 Å². The van der Waals surface area contributed by atoms with Gasteiger partial charge in [0.05, 0.1) is 16.8 Å². The molecule has 0 aliphatic rings. The predicted molar refractivity (Wildman–Crippen MR) is 82.8 cm³/mol. The molecular formula is C16H17ClN2O. The Morgan fingerprint density at radius 1 is 1.10 bits per heavy atom. The number of hydrogen-bond donors (Lipinski definition) is 2. The highest BCUT2D eigenvalue weighted by Gasteiger charge is 2.14. The number of nitrogens with two attached hydrogens (primary N) is 1. The van der Waals surface area contributed by atoms with Crippen LogP contribution in [0, 0.1) is 0 Å². The highest BCUT2D eigenvalue weighted by molar-refractivity contribution is 6.33. The summed E-state index contributed by atoms with van der Waals surface area (Å²) >= 11 is 5.99. The number of carbonyl (C=O) groups excluding carboxylic acids is 1. The van der Waals surface area contributed by atoms with Crippen LogP contribution < -0.4 is 11.1 Å². The standard InChI is InChI=1S/C16H17ClN2O/c17-13-8-4-5-9-15(13)19-16(20)14(18)11-10-12-6-2-1-3-7-12/h1-9,14H,10-11,18H2,(H,19,20)/t14-/m0/s1. The molecule has 0 aromatic heterocycles. The van der Waals surface area contributed by atoms with E-state index in [1.807, 2.05) is 42.5 Å². The Labute approximate surface area is 123 Å². The van der Waals surface area contributed by atoms with Crippen LogP contribution in [0.25, 0.3) is 0 Å². The van der Waals surface area contributed by atoms with Crippen LogP contribution in [-0.4, -0.2) is 11.9 Å². The summed E-state index contributed by atoms with van der Waals surface area (Å²) in [5, 5.41) is 3.26. The fourth-order valence-corrected chi connectivity index (χ4v) is 2.07. The average Bonchev–Trinajstić information content (AvgIpc) is 2.48. The first kappa shape index (κ1) is 14.6. The Morgan fingerprint density at radius 3 is 2.45 bits per heavy atom. The molecule has 1 atom stereocenters. The summed E-state index contributed by atoms with van der Waals surface area (Å²) in [6.45, 7) is 0. The van der Waals surface area contributed by atoms with Crippen molar-refractivity contribution >= 4 is 23.2 Å². The molecule has 0 unspecified atom stereocenters. The Bertz CT molecular complexity index is 572. The van der Waals surface area contributed by atoms with Crippen LogP contribution in [0.1, 0.15) is 12.0 Å². The molecule has 104 valence electrons. The first-order valence-corrected chi connectivity index (χ1v) is 6.89. The van der Waals surface area contributed by atoms with E-state index in [0.29, 0.717) is 17.1 Å². The normalized spacial score (nSPS) is 11.9. The summed E-state index contributed by atoms with van der Waals surface area (Å²) in [6.07, 6.45) is 1.37. The predicted octanol–water partition coefficient (Wildman–Crippen LogP) is 3.24. The summed E-state index contributed by atoms with van der Waals surface area (Å²) < 4.78 is 0. The lowest BCUT2D eigenvalue weighted by Gasteiger charge is -2.13. The zero-order valence-corrected chi connectivity index (χ0v) is 11.8. The van der Waals surface area contributed by atoms with Gasteiger partial charge in [-0.15, -0.1) is 0 Å². The number of rotatable bonds is 5. The van der Waals surface area contributed by atoms with Gasteiger partial charge in [0.15, 0.2) is 0 Å². The minimum absolute atomic E-state index is 0.214. The number of halogens is 1. The number of nitrogens with one attached hydrogen (secondary N) is 1. The van der Waals surface area contributed by atoms with Gasteiger partial charge in [0.2, 0.25) is 5.91 Å². The van der Waals surface area contributed by atoms with Crippen LogP contribution in [-0.2, 0) is 11.2 Å². The van der Waals surface area contributed by atoms with Crippen molar-refractivity contribution in [3.05, 3.63) is 65.2 Å². The van der Waals surface area contributed by atoms with Gasteiger partial charge in [0, 0.05) is 0 Å². The molecule has 4 heteroatoms. The molecule has 0 saturated heterocycles. The maximum atomic E-state index is 12.0. The lowest BCUT2D eigenvalue weighted by molar-refractivity contribution is -0.117. The fraction of sp³-hybridized carbons (Fsp3) is 0.188. The van der Waals surface area contributed by atoms with Crippen molar-refractivity contribution in [1.29, 1.82) is 0 Å². The van der Waals surface area contributed by atoms with Gasteiger partial charge >= 0.3 is 0 Å². The first-order chi connectivity index (χ1) is 9.66. The van der Waals surface area contributed by atoms with E-state index in [1.54, 1.807) is 12.1 Å². The third-order valence-corrected chi connectivity index (χ3v) is 3.38. The molecule has 3 N–H and O–H groups in total. The molecule has 0 saturated carbocycles. The second kappa shape index (κ2) is 7.08. The van der Waals surface area contributed by atoms with Crippen molar-refractivity contribution in [3.63, 3.8) is 0 Å². The van der Waals surface area contributed by atoms with Crippen molar-refractivity contribution in [1.82, 2.24) is 0 Å². The summed E-state index contributed by atoms with van der Waals surface area (Å²) in [5.74, 6) is -0.214. The van der Waals surface area contributed by atoms with Gasteiger partial charge < -0.3 is 11.1 Å². The van der Waals surface area contributed by atoms with E-state index in [-0.39, 0.29) is 5.91 Å². The van der Waals surface area contributed by atoms with Gasteiger partial charge in [0.1, 0.15) is 0 Å². The maximum absolute atomic E-state index is 12.0. The first-order valence-electron chi connectivity index (χ1n) is 6.51. The molecule has 20 heavy (non-hydrogen) atoms. The van der Waals surface area contributed by atoms with Crippen molar-refractivity contribution in [2.45, 2.75) is 18.9 Å². The van der Waals surface area contributed by atoms with Gasteiger partial charge in [-0.25, -0.2) is 0 Å². The minimum atomic E-state index is -0.550. The number of benzene rings is 2. The highest BCUT2D eigenvalue weighted by atomic mass is 35.5. The van der Waals surface area contributed by atoms with Crippen LogP contribution >= 0.6 is 11.6 Å². The number of carbonyl (C=O) groups is 1. The summed E-state index contributed by atoms with van der Waals surface area (Å²) in [6, 6.07) is 16.5. The van der Waals surface area contributed by atoms with Gasteiger partial charge in [-0.2, -0.15) is 0 Å². The number of amides is 1. The van der Waals surface area contributed by atoms with Crippen molar-refractivity contribution < 1.29 is 4.79 Å². The van der Waals surface area contributed by atoms with E-state index in [9.17, 15) is 4.79 Å². The Morgan fingerprint density at radius 2 is 1.75 bits per heavy atom. The van der Waals surface area contributed by atoms with Crippen LogP contribution in [0.3, 0.4) is 0 Å². The quantitative estimate of drug-likeness (QED) is 0.887. The van der Waals surface area contributed by atoms with Gasteiger partial charge in [-0.3, -0.25) is 4.79 Å². The molecule has 0 aliphatic carbocycles. The summed E-state index contributed by atoms with van der Waals surface area (Å²) in [5.41, 5.74) is 7.67. The van der Waals surface area contributed by atoms with Gasteiger partial charge in [-0.05, 0) is 30.5 Å². The van der Waals surface area contributed by atoms with E-state index < -0.39 is 6.04 Å². The van der Waals surface area contributed by atoms with Gasteiger partial charge in [0.25, 0.3) is 0 Å². The highest BCUT2D eigenvalue weighted by Crippen LogP contribution is 2.20. The van der Waals surface area contributed by atoms with E-state index in [0.717, 1.165) is 6.42 Å². The third-order valence-electron chi connectivity index (χ3n) is 3.06. The molecule has 0 heterocycles. The second-order valence-electron chi connectivity index (χ2n) is 4.60. The Kier molecular flexibility index (Phi) is 5.16. The Hall–Kier alpha value is -1.84. The molecule has 2 aromatic rings. The van der Waals surface area contributed by atoms with Gasteiger partial charge in [-0.1, -0.05) is 54.1 Å². The molecular weight excluding hydrogens is 272 g/mol. The summed E-state index contributed by atoms with van der Waals surface area (Å²) in [7, 11) is 0. The SMILES string of the molecule is N[C@@H](CCc1ccccc1)C(=O)Nc1ccccc1Cl. The smallest absolute Gasteiger partial charge is 0.241 e. The van der Waals surface area contributed by atoms with Crippen molar-refractivity contribution in [2.24, 2.45) is 5.73 Å². The zero-order valence-electron chi connectivity index (χ0n) is 11.1. The molecule has 0 bridgehead atoms. The van der Waals surface area contributed by atoms with E-state index in [2.05, 4.69) is 5.32 Å². The molecule has 2 rings (SSSR count). The largest absolute Gasteiger partial charge is 0.323 e. The molecule has 0 radical (unpaired) electrons. The second-order valence-corrected chi connectivity index (χ2v) is 5.01. The molecule has 2 aromatic carbocycles. The van der Waals surface area contributed by atoms with Crippen LogP contribution in [0.2, 0.25) is 5.02 Å². The van der Waals surface area contributed by atoms with E-state index >= 15 is 0 Å². The molecule has 0 aliphatic heterocycles. The lowest BCUT2D eigenvalue weighted by atomic mass is 10.1. The molecule has 3 nitrogen and oxygen atoms in total. The molecule has 0 fully saturated rings.